The van der Waals surface area contributed by atoms with Gasteiger partial charge in [-0.3, -0.25) is 4.79 Å². The van der Waals surface area contributed by atoms with Crippen LogP contribution >= 0.6 is 0 Å². The molecule has 0 aromatic heterocycles. The second-order valence-corrected chi connectivity index (χ2v) is 5.48. The molecule has 116 valence electrons. The highest BCUT2D eigenvalue weighted by Gasteiger charge is 2.05. The van der Waals surface area contributed by atoms with E-state index in [0.29, 0.717) is 0 Å². The molecular weight excluding hydrogens is 284 g/mol. The highest BCUT2D eigenvalue weighted by molar-refractivity contribution is 6.03. The number of fused-ring (bicyclic) bond motifs is 1. The van der Waals surface area contributed by atoms with E-state index in [-0.39, 0.29) is 12.5 Å². The Hall–Kier alpha value is -2.81. The molecule has 3 rings (SSSR count). The maximum atomic E-state index is 12.2. The SMILES string of the molecule is CCc1ccc(NCC(=O)Nc2cccc3ccccc23)cc1. The normalized spacial score (nSPS) is 10.5. The summed E-state index contributed by atoms with van der Waals surface area (Å²) in [7, 11) is 0. The molecule has 0 spiro atoms. The van der Waals surface area contributed by atoms with Crippen LogP contribution in [0.15, 0.2) is 66.7 Å². The number of aryl methyl sites for hydroxylation is 1. The Kier molecular flexibility index (Phi) is 4.57. The third kappa shape index (κ3) is 3.69. The van der Waals surface area contributed by atoms with Gasteiger partial charge in [0, 0.05) is 16.8 Å². The van der Waals surface area contributed by atoms with Crippen LogP contribution in [-0.2, 0) is 11.2 Å². The summed E-state index contributed by atoms with van der Waals surface area (Å²) in [6.45, 7) is 2.37. The lowest BCUT2D eigenvalue weighted by atomic mass is 10.1. The van der Waals surface area contributed by atoms with Gasteiger partial charge in [-0.2, -0.15) is 0 Å². The Balaban J connectivity index is 1.64. The molecule has 3 nitrogen and oxygen atoms in total. The first-order valence-electron chi connectivity index (χ1n) is 7.86. The predicted molar refractivity (Wildman–Crippen MR) is 96.9 cm³/mol. The Morgan fingerprint density at radius 2 is 1.65 bits per heavy atom. The molecule has 0 heterocycles. The molecule has 23 heavy (non-hydrogen) atoms. The van der Waals surface area contributed by atoms with Crippen molar-refractivity contribution in [3.05, 3.63) is 72.3 Å². The summed E-state index contributed by atoms with van der Waals surface area (Å²) in [5.41, 5.74) is 3.09. The van der Waals surface area contributed by atoms with Crippen molar-refractivity contribution < 1.29 is 4.79 Å². The fourth-order valence-corrected chi connectivity index (χ4v) is 2.57. The Bertz CT molecular complexity index is 804. The lowest BCUT2D eigenvalue weighted by Crippen LogP contribution is -2.21. The molecular formula is C20H20N2O. The summed E-state index contributed by atoms with van der Waals surface area (Å²) in [6, 6.07) is 22.1. The minimum Gasteiger partial charge on any atom is -0.376 e. The second-order valence-electron chi connectivity index (χ2n) is 5.48. The van der Waals surface area contributed by atoms with Crippen molar-refractivity contribution in [3.8, 4) is 0 Å². The van der Waals surface area contributed by atoms with Gasteiger partial charge in [-0.1, -0.05) is 55.5 Å². The second kappa shape index (κ2) is 6.97. The van der Waals surface area contributed by atoms with E-state index in [0.717, 1.165) is 28.6 Å². The number of benzene rings is 3. The van der Waals surface area contributed by atoms with Gasteiger partial charge in [0.15, 0.2) is 0 Å². The van der Waals surface area contributed by atoms with E-state index in [4.69, 9.17) is 0 Å². The lowest BCUT2D eigenvalue weighted by Gasteiger charge is -2.10. The number of carbonyl (C=O) groups excluding carboxylic acids is 1. The predicted octanol–water partition coefficient (Wildman–Crippen LogP) is 4.45. The smallest absolute Gasteiger partial charge is 0.243 e. The first-order chi connectivity index (χ1) is 11.3. The summed E-state index contributed by atoms with van der Waals surface area (Å²) in [5.74, 6) is -0.0547. The molecule has 0 aliphatic carbocycles. The number of hydrogen-bond donors (Lipinski definition) is 2. The number of nitrogens with one attached hydrogen (secondary N) is 2. The number of amides is 1. The van der Waals surface area contributed by atoms with Gasteiger partial charge in [0.25, 0.3) is 0 Å². The van der Waals surface area contributed by atoms with E-state index in [2.05, 4.69) is 29.7 Å². The van der Waals surface area contributed by atoms with Crippen molar-refractivity contribution in [2.24, 2.45) is 0 Å². The number of anilines is 2. The van der Waals surface area contributed by atoms with Crippen LogP contribution in [0.4, 0.5) is 11.4 Å². The van der Waals surface area contributed by atoms with E-state index in [1.54, 1.807) is 0 Å². The first kappa shape index (κ1) is 15.1. The van der Waals surface area contributed by atoms with Crippen LogP contribution < -0.4 is 10.6 Å². The van der Waals surface area contributed by atoms with Crippen molar-refractivity contribution in [1.29, 1.82) is 0 Å². The van der Waals surface area contributed by atoms with Gasteiger partial charge in [0.2, 0.25) is 5.91 Å². The molecule has 0 saturated heterocycles. The number of carbonyl (C=O) groups is 1. The summed E-state index contributed by atoms with van der Waals surface area (Å²) in [6.07, 6.45) is 1.02. The van der Waals surface area contributed by atoms with E-state index in [9.17, 15) is 4.79 Å². The lowest BCUT2D eigenvalue weighted by molar-refractivity contribution is -0.114. The van der Waals surface area contributed by atoms with Gasteiger partial charge in [-0.05, 0) is 35.6 Å². The van der Waals surface area contributed by atoms with Crippen LogP contribution in [0.2, 0.25) is 0 Å². The molecule has 0 aliphatic rings. The van der Waals surface area contributed by atoms with Crippen LogP contribution in [0.3, 0.4) is 0 Å². The molecule has 3 aromatic carbocycles. The fraction of sp³-hybridized carbons (Fsp3) is 0.150. The van der Waals surface area contributed by atoms with E-state index >= 15 is 0 Å². The first-order valence-corrected chi connectivity index (χ1v) is 7.86. The minimum atomic E-state index is -0.0547. The van der Waals surface area contributed by atoms with Crippen molar-refractivity contribution in [2.75, 3.05) is 17.2 Å². The summed E-state index contributed by atoms with van der Waals surface area (Å²) < 4.78 is 0. The summed E-state index contributed by atoms with van der Waals surface area (Å²) >= 11 is 0. The molecule has 0 unspecified atom stereocenters. The van der Waals surface area contributed by atoms with Gasteiger partial charge in [0.05, 0.1) is 6.54 Å². The highest BCUT2D eigenvalue weighted by atomic mass is 16.1. The molecule has 0 radical (unpaired) electrons. The third-order valence-electron chi connectivity index (χ3n) is 3.88. The maximum absolute atomic E-state index is 12.2. The van der Waals surface area contributed by atoms with Crippen LogP contribution in [0.1, 0.15) is 12.5 Å². The zero-order valence-corrected chi connectivity index (χ0v) is 13.2. The van der Waals surface area contributed by atoms with E-state index in [1.807, 2.05) is 54.6 Å². The fourth-order valence-electron chi connectivity index (χ4n) is 2.57. The molecule has 0 saturated carbocycles. The highest BCUT2D eigenvalue weighted by Crippen LogP contribution is 2.22. The minimum absolute atomic E-state index is 0.0547. The van der Waals surface area contributed by atoms with Crippen molar-refractivity contribution in [3.63, 3.8) is 0 Å². The molecule has 0 aliphatic heterocycles. The van der Waals surface area contributed by atoms with Crippen molar-refractivity contribution in [1.82, 2.24) is 0 Å². The molecule has 3 heteroatoms. The average Bonchev–Trinajstić information content (AvgIpc) is 2.61. The molecule has 2 N–H and O–H groups in total. The van der Waals surface area contributed by atoms with Gasteiger partial charge in [0.1, 0.15) is 0 Å². The average molecular weight is 304 g/mol. The zero-order valence-electron chi connectivity index (χ0n) is 13.2. The van der Waals surface area contributed by atoms with Crippen LogP contribution in [0, 0.1) is 0 Å². The van der Waals surface area contributed by atoms with Crippen molar-refractivity contribution in [2.45, 2.75) is 13.3 Å². The number of hydrogen-bond acceptors (Lipinski definition) is 2. The number of rotatable bonds is 5. The quantitative estimate of drug-likeness (QED) is 0.731. The topological polar surface area (TPSA) is 41.1 Å². The van der Waals surface area contributed by atoms with Gasteiger partial charge in [-0.15, -0.1) is 0 Å². The standard InChI is InChI=1S/C20H20N2O/c1-2-15-10-12-17(13-11-15)21-14-20(23)22-19-9-5-7-16-6-3-4-8-18(16)19/h3-13,21H,2,14H2,1H3,(H,22,23). The maximum Gasteiger partial charge on any atom is 0.243 e. The Morgan fingerprint density at radius 3 is 2.43 bits per heavy atom. The van der Waals surface area contributed by atoms with Crippen LogP contribution in [0.5, 0.6) is 0 Å². The zero-order chi connectivity index (χ0) is 16.1. The molecule has 0 fully saturated rings. The van der Waals surface area contributed by atoms with Crippen molar-refractivity contribution >= 4 is 28.1 Å². The van der Waals surface area contributed by atoms with Crippen LogP contribution in [0.25, 0.3) is 10.8 Å². The third-order valence-corrected chi connectivity index (χ3v) is 3.88. The summed E-state index contributed by atoms with van der Waals surface area (Å²) in [4.78, 5) is 12.2. The van der Waals surface area contributed by atoms with Gasteiger partial charge < -0.3 is 10.6 Å². The molecule has 3 aromatic rings. The van der Waals surface area contributed by atoms with Gasteiger partial charge in [-0.25, -0.2) is 0 Å². The molecule has 1 amide bonds. The monoisotopic (exact) mass is 304 g/mol. The van der Waals surface area contributed by atoms with E-state index in [1.165, 1.54) is 5.56 Å². The molecule has 0 bridgehead atoms. The van der Waals surface area contributed by atoms with Gasteiger partial charge >= 0.3 is 0 Å². The van der Waals surface area contributed by atoms with E-state index < -0.39 is 0 Å². The largest absolute Gasteiger partial charge is 0.376 e. The summed E-state index contributed by atoms with van der Waals surface area (Å²) in [5, 5.41) is 8.30. The van der Waals surface area contributed by atoms with Crippen LogP contribution in [-0.4, -0.2) is 12.5 Å². The Labute approximate surface area is 136 Å². The molecule has 0 atom stereocenters. The Morgan fingerprint density at radius 1 is 0.913 bits per heavy atom.